The molecule has 0 aliphatic carbocycles. The maximum atomic E-state index is 6.20. The van der Waals surface area contributed by atoms with E-state index in [0.29, 0.717) is 17.4 Å². The summed E-state index contributed by atoms with van der Waals surface area (Å²) < 4.78 is 12.0. The molecule has 19 heavy (non-hydrogen) atoms. The monoisotopic (exact) mass is 388 g/mol. The van der Waals surface area contributed by atoms with Crippen LogP contribution in [0.15, 0.2) is 42.5 Å². The van der Waals surface area contributed by atoms with E-state index in [1.54, 1.807) is 7.11 Å². The Bertz CT molecular complexity index is 543. The SMILES string of the molecule is COc1ccc(Cl)c(CI)c1OCc1ccccc1. The van der Waals surface area contributed by atoms with E-state index in [1.165, 1.54) is 0 Å². The third-order valence-corrected chi connectivity index (χ3v) is 3.86. The molecule has 0 aromatic heterocycles. The predicted molar refractivity (Wildman–Crippen MR) is 86.5 cm³/mol. The van der Waals surface area contributed by atoms with Crippen LogP contribution in [0.4, 0.5) is 0 Å². The minimum Gasteiger partial charge on any atom is -0.493 e. The summed E-state index contributed by atoms with van der Waals surface area (Å²) in [6.45, 7) is 0.501. The molecule has 0 bridgehead atoms. The van der Waals surface area contributed by atoms with Crippen molar-refractivity contribution in [3.8, 4) is 11.5 Å². The fourth-order valence-corrected chi connectivity index (χ4v) is 2.95. The highest BCUT2D eigenvalue weighted by Crippen LogP contribution is 2.37. The number of hydrogen-bond acceptors (Lipinski definition) is 2. The second-order valence-electron chi connectivity index (χ2n) is 3.97. The lowest BCUT2D eigenvalue weighted by molar-refractivity contribution is 0.282. The third-order valence-electron chi connectivity index (χ3n) is 2.75. The van der Waals surface area contributed by atoms with Crippen molar-refractivity contribution in [3.05, 3.63) is 58.6 Å². The Morgan fingerprint density at radius 3 is 2.47 bits per heavy atom. The molecule has 0 aliphatic rings. The number of rotatable bonds is 5. The van der Waals surface area contributed by atoms with Crippen molar-refractivity contribution in [1.82, 2.24) is 0 Å². The molecule has 0 atom stereocenters. The normalized spacial score (nSPS) is 10.3. The van der Waals surface area contributed by atoms with Gasteiger partial charge in [0.1, 0.15) is 6.61 Å². The summed E-state index contributed by atoms with van der Waals surface area (Å²) in [6.07, 6.45) is 0. The molecule has 2 rings (SSSR count). The summed E-state index contributed by atoms with van der Waals surface area (Å²) in [6, 6.07) is 13.7. The van der Waals surface area contributed by atoms with Gasteiger partial charge in [-0.1, -0.05) is 64.5 Å². The van der Waals surface area contributed by atoms with Crippen LogP contribution in [0.1, 0.15) is 11.1 Å². The van der Waals surface area contributed by atoms with Gasteiger partial charge in [-0.25, -0.2) is 0 Å². The maximum Gasteiger partial charge on any atom is 0.167 e. The van der Waals surface area contributed by atoms with Crippen molar-refractivity contribution in [2.75, 3.05) is 7.11 Å². The summed E-state index contributed by atoms with van der Waals surface area (Å²) >= 11 is 8.47. The summed E-state index contributed by atoms with van der Waals surface area (Å²) in [5, 5.41) is 0.707. The van der Waals surface area contributed by atoms with Crippen LogP contribution in [-0.4, -0.2) is 7.11 Å². The third kappa shape index (κ3) is 3.54. The zero-order chi connectivity index (χ0) is 13.7. The van der Waals surface area contributed by atoms with E-state index >= 15 is 0 Å². The molecular weight excluding hydrogens is 375 g/mol. The van der Waals surface area contributed by atoms with Gasteiger partial charge in [0, 0.05) is 15.0 Å². The molecule has 4 heteroatoms. The molecule has 2 aromatic rings. The first-order chi connectivity index (χ1) is 9.26. The van der Waals surface area contributed by atoms with E-state index in [2.05, 4.69) is 22.6 Å². The Morgan fingerprint density at radius 1 is 1.11 bits per heavy atom. The van der Waals surface area contributed by atoms with Crippen LogP contribution in [0.5, 0.6) is 11.5 Å². The molecule has 0 heterocycles. The minimum absolute atomic E-state index is 0.501. The smallest absolute Gasteiger partial charge is 0.167 e. The molecule has 0 saturated carbocycles. The Balaban J connectivity index is 2.25. The lowest BCUT2D eigenvalue weighted by Crippen LogP contribution is -2.00. The van der Waals surface area contributed by atoms with Gasteiger partial charge in [-0.15, -0.1) is 0 Å². The van der Waals surface area contributed by atoms with Crippen molar-refractivity contribution < 1.29 is 9.47 Å². The van der Waals surface area contributed by atoms with E-state index < -0.39 is 0 Å². The van der Waals surface area contributed by atoms with Gasteiger partial charge in [0.2, 0.25) is 0 Å². The standard InChI is InChI=1S/C15H14ClIO2/c1-18-14-8-7-13(16)12(9-17)15(14)19-10-11-5-3-2-4-6-11/h2-8H,9-10H2,1H3. The Labute approximate surface area is 131 Å². The number of hydrogen-bond donors (Lipinski definition) is 0. The topological polar surface area (TPSA) is 18.5 Å². The van der Waals surface area contributed by atoms with E-state index in [4.69, 9.17) is 21.1 Å². The molecule has 0 saturated heterocycles. The van der Waals surface area contributed by atoms with Gasteiger partial charge in [0.15, 0.2) is 11.5 Å². The van der Waals surface area contributed by atoms with Crippen molar-refractivity contribution in [3.63, 3.8) is 0 Å². The van der Waals surface area contributed by atoms with Crippen LogP contribution in [0, 0.1) is 0 Å². The number of alkyl halides is 1. The van der Waals surface area contributed by atoms with Gasteiger partial charge < -0.3 is 9.47 Å². The van der Waals surface area contributed by atoms with Crippen LogP contribution in [0.2, 0.25) is 5.02 Å². The van der Waals surface area contributed by atoms with E-state index in [-0.39, 0.29) is 0 Å². The molecule has 0 unspecified atom stereocenters. The summed E-state index contributed by atoms with van der Waals surface area (Å²) in [5.41, 5.74) is 2.08. The van der Waals surface area contributed by atoms with Gasteiger partial charge in [-0.05, 0) is 17.7 Å². The second kappa shape index (κ2) is 7.01. The fraction of sp³-hybridized carbons (Fsp3) is 0.200. The van der Waals surface area contributed by atoms with Crippen LogP contribution in [0.3, 0.4) is 0 Å². The molecule has 0 spiro atoms. The number of halogens is 2. The molecule has 0 aliphatic heterocycles. The Kier molecular flexibility index (Phi) is 5.34. The first-order valence-electron chi connectivity index (χ1n) is 5.84. The van der Waals surface area contributed by atoms with E-state index in [9.17, 15) is 0 Å². The van der Waals surface area contributed by atoms with Crippen LogP contribution in [0.25, 0.3) is 0 Å². The first kappa shape index (κ1) is 14.5. The van der Waals surface area contributed by atoms with Gasteiger partial charge >= 0.3 is 0 Å². The van der Waals surface area contributed by atoms with Crippen molar-refractivity contribution >= 4 is 34.2 Å². The number of benzene rings is 2. The molecule has 0 fully saturated rings. The van der Waals surface area contributed by atoms with Crippen LogP contribution in [-0.2, 0) is 11.0 Å². The zero-order valence-corrected chi connectivity index (χ0v) is 13.4. The van der Waals surface area contributed by atoms with E-state index in [0.717, 1.165) is 21.3 Å². The second-order valence-corrected chi connectivity index (χ2v) is 5.14. The molecule has 2 nitrogen and oxygen atoms in total. The van der Waals surface area contributed by atoms with Crippen molar-refractivity contribution in [1.29, 1.82) is 0 Å². The van der Waals surface area contributed by atoms with Crippen LogP contribution >= 0.6 is 34.2 Å². The predicted octanol–water partition coefficient (Wildman–Crippen LogP) is 4.86. The van der Waals surface area contributed by atoms with Gasteiger partial charge in [-0.3, -0.25) is 0 Å². The Hall–Kier alpha value is -0.940. The number of ether oxygens (including phenoxy) is 2. The quantitative estimate of drug-likeness (QED) is 0.538. The van der Waals surface area contributed by atoms with Gasteiger partial charge in [0.25, 0.3) is 0 Å². The fourth-order valence-electron chi connectivity index (χ4n) is 1.76. The molecule has 0 amide bonds. The lowest BCUT2D eigenvalue weighted by Gasteiger charge is -2.15. The average Bonchev–Trinajstić information content (AvgIpc) is 2.46. The zero-order valence-electron chi connectivity index (χ0n) is 10.5. The summed E-state index contributed by atoms with van der Waals surface area (Å²) in [4.78, 5) is 0. The largest absolute Gasteiger partial charge is 0.493 e. The van der Waals surface area contributed by atoms with Crippen molar-refractivity contribution in [2.24, 2.45) is 0 Å². The lowest BCUT2D eigenvalue weighted by atomic mass is 10.2. The maximum absolute atomic E-state index is 6.20. The van der Waals surface area contributed by atoms with Gasteiger partial charge in [0.05, 0.1) is 7.11 Å². The van der Waals surface area contributed by atoms with Crippen LogP contribution < -0.4 is 9.47 Å². The molecule has 0 N–H and O–H groups in total. The molecule has 0 radical (unpaired) electrons. The highest BCUT2D eigenvalue weighted by molar-refractivity contribution is 14.1. The molecular formula is C15H14ClIO2. The molecule has 100 valence electrons. The molecule has 2 aromatic carbocycles. The van der Waals surface area contributed by atoms with Gasteiger partial charge in [-0.2, -0.15) is 0 Å². The average molecular weight is 389 g/mol. The highest BCUT2D eigenvalue weighted by Gasteiger charge is 2.13. The van der Waals surface area contributed by atoms with E-state index in [1.807, 2.05) is 42.5 Å². The summed E-state index contributed by atoms with van der Waals surface area (Å²) in [5.74, 6) is 1.44. The summed E-state index contributed by atoms with van der Waals surface area (Å²) in [7, 11) is 1.63. The highest BCUT2D eigenvalue weighted by atomic mass is 127. The van der Waals surface area contributed by atoms with Crippen molar-refractivity contribution in [2.45, 2.75) is 11.0 Å². The Morgan fingerprint density at radius 2 is 1.84 bits per heavy atom. The number of methoxy groups -OCH3 is 1. The minimum atomic E-state index is 0.501. The first-order valence-corrected chi connectivity index (χ1v) is 7.74.